The number of oxazole rings is 1. The molecule has 0 aliphatic rings. The normalized spacial score (nSPS) is 13.5. The molecule has 0 aliphatic carbocycles. The predicted octanol–water partition coefficient (Wildman–Crippen LogP) is 2.81. The molecule has 0 amide bonds. The summed E-state index contributed by atoms with van der Waals surface area (Å²) in [7, 11) is 0. The van der Waals surface area contributed by atoms with Crippen molar-refractivity contribution >= 4 is 23.5 Å². The van der Waals surface area contributed by atoms with Gasteiger partial charge in [-0.05, 0) is 12.1 Å². The highest BCUT2D eigenvalue weighted by Gasteiger charge is 2.41. The van der Waals surface area contributed by atoms with Gasteiger partial charge < -0.3 is 10.2 Å². The van der Waals surface area contributed by atoms with Crippen LogP contribution in [0.3, 0.4) is 0 Å². The molecular weight excluding hydrogens is 245 g/mol. The lowest BCUT2D eigenvalue weighted by Crippen LogP contribution is -2.28. The van der Waals surface area contributed by atoms with Crippen LogP contribution < -0.4 is 5.73 Å². The predicted molar refractivity (Wildman–Crippen MR) is 54.2 cm³/mol. The van der Waals surface area contributed by atoms with E-state index in [1.807, 2.05) is 0 Å². The molecule has 3 nitrogen and oxygen atoms in total. The van der Waals surface area contributed by atoms with Gasteiger partial charge in [-0.2, -0.15) is 13.2 Å². The van der Waals surface area contributed by atoms with E-state index in [9.17, 15) is 13.2 Å². The van der Waals surface area contributed by atoms with Crippen LogP contribution in [0.25, 0.3) is 11.1 Å². The smallest absolute Gasteiger partial charge is 0.412 e. The van der Waals surface area contributed by atoms with Crippen molar-refractivity contribution in [1.29, 1.82) is 0 Å². The molecule has 0 spiro atoms. The largest absolute Gasteiger partial charge is 0.439 e. The maximum Gasteiger partial charge on any atom is 0.412 e. The van der Waals surface area contributed by atoms with Crippen molar-refractivity contribution in [3.8, 4) is 0 Å². The van der Waals surface area contributed by atoms with E-state index in [-0.39, 0.29) is 12.4 Å². The Balaban J connectivity index is 0.00000128. The van der Waals surface area contributed by atoms with Crippen LogP contribution in [0.5, 0.6) is 0 Å². The Hall–Kier alpha value is -1.27. The zero-order chi connectivity index (χ0) is 11.1. The molecule has 2 aromatic rings. The summed E-state index contributed by atoms with van der Waals surface area (Å²) < 4.78 is 41.6. The third kappa shape index (κ3) is 2.28. The van der Waals surface area contributed by atoms with Crippen molar-refractivity contribution in [3.05, 3.63) is 30.2 Å². The molecule has 2 rings (SSSR count). The van der Waals surface area contributed by atoms with E-state index < -0.39 is 18.1 Å². The number of aromatic nitrogens is 1. The molecule has 1 atom stereocenters. The molecule has 1 unspecified atom stereocenters. The summed E-state index contributed by atoms with van der Waals surface area (Å²) >= 11 is 0. The lowest BCUT2D eigenvalue weighted by Gasteiger charge is -2.10. The second kappa shape index (κ2) is 4.31. The van der Waals surface area contributed by atoms with Gasteiger partial charge in [0.2, 0.25) is 5.89 Å². The minimum absolute atomic E-state index is 0. The fourth-order valence-corrected chi connectivity index (χ4v) is 1.16. The van der Waals surface area contributed by atoms with Crippen LogP contribution in [0.4, 0.5) is 13.2 Å². The number of nitrogens with zero attached hydrogens (tertiary/aromatic N) is 1. The number of para-hydroxylation sites is 2. The number of hydrogen-bond donors (Lipinski definition) is 1. The summed E-state index contributed by atoms with van der Waals surface area (Å²) in [4.78, 5) is 3.67. The molecule has 0 aliphatic heterocycles. The van der Waals surface area contributed by atoms with Gasteiger partial charge in [0.05, 0.1) is 0 Å². The van der Waals surface area contributed by atoms with E-state index in [2.05, 4.69) is 4.98 Å². The summed E-state index contributed by atoms with van der Waals surface area (Å²) in [5.74, 6) is -0.510. The van der Waals surface area contributed by atoms with Gasteiger partial charge in [-0.15, -0.1) is 12.4 Å². The van der Waals surface area contributed by atoms with Gasteiger partial charge >= 0.3 is 6.18 Å². The number of fused-ring (bicyclic) bond motifs is 1. The average molecular weight is 253 g/mol. The summed E-state index contributed by atoms with van der Waals surface area (Å²) in [6.45, 7) is 0. The number of benzene rings is 1. The Bertz CT molecular complexity index is 450. The first-order valence-corrected chi connectivity index (χ1v) is 4.16. The van der Waals surface area contributed by atoms with E-state index >= 15 is 0 Å². The SMILES string of the molecule is Cl.NC(c1nc2ccccc2o1)C(F)(F)F. The summed E-state index contributed by atoms with van der Waals surface area (Å²) in [5.41, 5.74) is 5.62. The number of rotatable bonds is 1. The van der Waals surface area contributed by atoms with E-state index in [1.165, 1.54) is 6.07 Å². The van der Waals surface area contributed by atoms with Gasteiger partial charge in [0.1, 0.15) is 5.52 Å². The van der Waals surface area contributed by atoms with Gasteiger partial charge in [-0.1, -0.05) is 12.1 Å². The van der Waals surface area contributed by atoms with Crippen molar-refractivity contribution in [2.45, 2.75) is 12.2 Å². The van der Waals surface area contributed by atoms with Crippen molar-refractivity contribution in [3.63, 3.8) is 0 Å². The average Bonchev–Trinajstić information content (AvgIpc) is 2.58. The first kappa shape index (κ1) is 12.8. The topological polar surface area (TPSA) is 52.0 Å². The number of hydrogen-bond acceptors (Lipinski definition) is 3. The van der Waals surface area contributed by atoms with Crippen molar-refractivity contribution in [1.82, 2.24) is 4.98 Å². The Morgan fingerprint density at radius 3 is 2.44 bits per heavy atom. The molecule has 1 heterocycles. The molecule has 0 fully saturated rings. The molecule has 0 bridgehead atoms. The molecule has 1 aromatic heterocycles. The highest BCUT2D eigenvalue weighted by atomic mass is 35.5. The minimum atomic E-state index is -4.54. The number of alkyl halides is 3. The third-order valence-electron chi connectivity index (χ3n) is 1.93. The Labute approximate surface area is 94.8 Å². The highest BCUT2D eigenvalue weighted by molar-refractivity contribution is 5.85. The Kier molecular flexibility index (Phi) is 3.44. The zero-order valence-electron chi connectivity index (χ0n) is 7.86. The Morgan fingerprint density at radius 1 is 1.25 bits per heavy atom. The number of halogens is 4. The molecule has 0 saturated carbocycles. The molecular formula is C9H8ClF3N2O. The van der Waals surface area contributed by atoms with Crippen LogP contribution >= 0.6 is 12.4 Å². The first-order chi connectivity index (χ1) is 6.98. The van der Waals surface area contributed by atoms with Gasteiger partial charge in [-0.25, -0.2) is 4.98 Å². The van der Waals surface area contributed by atoms with Crippen LogP contribution in [0.1, 0.15) is 11.9 Å². The minimum Gasteiger partial charge on any atom is -0.439 e. The van der Waals surface area contributed by atoms with Crippen molar-refractivity contribution < 1.29 is 17.6 Å². The molecule has 7 heteroatoms. The van der Waals surface area contributed by atoms with Gasteiger partial charge in [0.15, 0.2) is 11.6 Å². The first-order valence-electron chi connectivity index (χ1n) is 4.16. The second-order valence-electron chi connectivity index (χ2n) is 3.04. The van der Waals surface area contributed by atoms with Crippen LogP contribution in [-0.2, 0) is 0 Å². The van der Waals surface area contributed by atoms with Gasteiger partial charge in [0.25, 0.3) is 0 Å². The summed E-state index contributed by atoms with van der Waals surface area (Å²) in [6.07, 6.45) is -4.54. The van der Waals surface area contributed by atoms with Crippen LogP contribution in [-0.4, -0.2) is 11.2 Å². The lowest BCUT2D eigenvalue weighted by atomic mass is 10.3. The third-order valence-corrected chi connectivity index (χ3v) is 1.93. The number of nitrogens with two attached hydrogens (primary N) is 1. The van der Waals surface area contributed by atoms with Gasteiger partial charge in [0, 0.05) is 0 Å². The standard InChI is InChI=1S/C9H7F3N2O.ClH/c10-9(11,12)7(13)8-14-5-3-1-2-4-6(5)15-8;/h1-4,7H,13H2;1H. The molecule has 0 radical (unpaired) electrons. The van der Waals surface area contributed by atoms with Crippen LogP contribution in [0, 0.1) is 0 Å². The summed E-state index contributed by atoms with van der Waals surface area (Å²) in [6, 6.07) is 4.23. The van der Waals surface area contributed by atoms with Gasteiger partial charge in [-0.3, -0.25) is 0 Å². The molecule has 1 aromatic carbocycles. The van der Waals surface area contributed by atoms with Crippen LogP contribution in [0.2, 0.25) is 0 Å². The summed E-state index contributed by atoms with van der Waals surface area (Å²) in [5, 5.41) is 0. The quantitative estimate of drug-likeness (QED) is 0.849. The second-order valence-corrected chi connectivity index (χ2v) is 3.04. The molecule has 0 saturated heterocycles. The van der Waals surface area contributed by atoms with Crippen molar-refractivity contribution in [2.75, 3.05) is 0 Å². The maximum absolute atomic E-state index is 12.2. The fraction of sp³-hybridized carbons (Fsp3) is 0.222. The zero-order valence-corrected chi connectivity index (χ0v) is 8.68. The monoisotopic (exact) mass is 252 g/mol. The highest BCUT2D eigenvalue weighted by Crippen LogP contribution is 2.31. The van der Waals surface area contributed by atoms with Crippen molar-refractivity contribution in [2.24, 2.45) is 5.73 Å². The molecule has 88 valence electrons. The van der Waals surface area contributed by atoms with Crippen LogP contribution in [0.15, 0.2) is 28.7 Å². The maximum atomic E-state index is 12.2. The molecule has 2 N–H and O–H groups in total. The molecule has 16 heavy (non-hydrogen) atoms. The van der Waals surface area contributed by atoms with E-state index in [4.69, 9.17) is 10.2 Å². The van der Waals surface area contributed by atoms with E-state index in [0.717, 1.165) is 0 Å². The van der Waals surface area contributed by atoms with E-state index in [1.54, 1.807) is 18.2 Å². The lowest BCUT2D eigenvalue weighted by molar-refractivity contribution is -0.153. The Morgan fingerprint density at radius 2 is 1.88 bits per heavy atom. The fourth-order valence-electron chi connectivity index (χ4n) is 1.16. The van der Waals surface area contributed by atoms with E-state index in [0.29, 0.717) is 11.1 Å².